The first-order valence-electron chi connectivity index (χ1n) is 10.1. The molecule has 0 aromatic heterocycles. The molecular weight excluding hydrogens is 441 g/mol. The summed E-state index contributed by atoms with van der Waals surface area (Å²) in [6, 6.07) is 4.77. The zero-order chi connectivity index (χ0) is 24.1. The quantitative estimate of drug-likeness (QED) is 0.308. The maximum absolute atomic E-state index is 12.4. The minimum absolute atomic E-state index is 0.0113. The summed E-state index contributed by atoms with van der Waals surface area (Å²) in [6.07, 6.45) is 0.389. The minimum atomic E-state index is -3.63. The lowest BCUT2D eigenvalue weighted by Crippen LogP contribution is -2.36. The van der Waals surface area contributed by atoms with Gasteiger partial charge in [-0.25, -0.2) is 18.4 Å². The second-order valence-corrected chi connectivity index (χ2v) is 10.4. The molecule has 12 heteroatoms. The molecule has 1 heterocycles. The number of fused-ring (bicyclic) bond motifs is 1. The number of nitrogens with two attached hydrogens (primary N) is 1. The summed E-state index contributed by atoms with van der Waals surface area (Å²) in [5.74, 6) is -2.23. The Hall–Kier alpha value is -2.44. The first kappa shape index (κ1) is 25.8. The topological polar surface area (TPSA) is 159 Å². The van der Waals surface area contributed by atoms with Gasteiger partial charge in [-0.3, -0.25) is 9.59 Å². The van der Waals surface area contributed by atoms with E-state index in [0.717, 1.165) is 0 Å². The number of carbonyl (C=O) groups is 3. The number of ketones is 1. The van der Waals surface area contributed by atoms with E-state index in [1.165, 1.54) is 6.07 Å². The summed E-state index contributed by atoms with van der Waals surface area (Å²) in [7, 11) is -4.97. The molecule has 10 nitrogen and oxygen atoms in total. The Kier molecular flexibility index (Phi) is 8.44. The van der Waals surface area contributed by atoms with Crippen LogP contribution in [0.2, 0.25) is 5.82 Å². The van der Waals surface area contributed by atoms with Crippen molar-refractivity contribution in [3.8, 4) is 5.75 Å². The van der Waals surface area contributed by atoms with E-state index in [1.54, 1.807) is 32.9 Å². The molecule has 0 saturated heterocycles. The largest absolute Gasteiger partial charge is 0.535 e. The molecule has 2 rings (SSSR count). The van der Waals surface area contributed by atoms with Gasteiger partial charge in [-0.1, -0.05) is 12.1 Å². The van der Waals surface area contributed by atoms with Crippen molar-refractivity contribution in [2.45, 2.75) is 52.3 Å². The monoisotopic (exact) mass is 469 g/mol. The lowest BCUT2D eigenvalue weighted by atomic mass is 9.64. The Morgan fingerprint density at radius 3 is 2.56 bits per heavy atom. The van der Waals surface area contributed by atoms with E-state index in [-0.39, 0.29) is 48.5 Å². The number of benzene rings is 1. The van der Waals surface area contributed by atoms with Crippen molar-refractivity contribution >= 4 is 34.9 Å². The van der Waals surface area contributed by atoms with Crippen LogP contribution in [0.15, 0.2) is 18.2 Å². The molecule has 3 N–H and O–H groups in total. The van der Waals surface area contributed by atoms with Crippen LogP contribution in [0.4, 0.5) is 0 Å². The molecule has 0 radical (unpaired) electrons. The second-order valence-electron chi connectivity index (χ2n) is 8.71. The van der Waals surface area contributed by atoms with Gasteiger partial charge in [0.05, 0.1) is 11.2 Å². The van der Waals surface area contributed by atoms with Gasteiger partial charge in [0.2, 0.25) is 16.8 Å². The van der Waals surface area contributed by atoms with Gasteiger partial charge in [-0.15, -0.1) is 0 Å². The molecule has 0 amide bonds. The highest BCUT2D eigenvalue weighted by molar-refractivity contribution is 7.89. The molecule has 1 aromatic rings. The Morgan fingerprint density at radius 1 is 1.25 bits per heavy atom. The van der Waals surface area contributed by atoms with Gasteiger partial charge in [-0.2, -0.15) is 0 Å². The van der Waals surface area contributed by atoms with Crippen molar-refractivity contribution in [2.24, 2.45) is 10.6 Å². The summed E-state index contributed by atoms with van der Waals surface area (Å²) < 4.78 is 37.4. The number of para-hydroxylation sites is 1. The lowest BCUT2D eigenvalue weighted by Gasteiger charge is -2.28. The highest BCUT2D eigenvalue weighted by atomic mass is 32.2. The third-order valence-corrected chi connectivity index (χ3v) is 5.66. The van der Waals surface area contributed by atoms with Crippen molar-refractivity contribution in [1.29, 1.82) is 0 Å². The summed E-state index contributed by atoms with van der Waals surface area (Å²) in [4.78, 5) is 36.3. The zero-order valence-electron chi connectivity index (χ0n) is 18.3. The number of esters is 2. The van der Waals surface area contributed by atoms with E-state index in [4.69, 9.17) is 19.3 Å². The molecule has 0 aliphatic carbocycles. The SMILES string of the molecule is CC(C)(C)C(=O)OCOC(=O)c1cccc2c1OB(O)[C@@H](CC(=O)CCCS(N)(=O)=O)C2. The third-order valence-electron chi connectivity index (χ3n) is 4.81. The Balaban J connectivity index is 1.98. The number of carbonyl (C=O) groups excluding carboxylic acids is 3. The van der Waals surface area contributed by atoms with Crippen LogP contribution in [-0.4, -0.2) is 50.8 Å². The highest BCUT2D eigenvalue weighted by Gasteiger charge is 2.38. The summed E-state index contributed by atoms with van der Waals surface area (Å²) in [6.45, 7) is 4.44. The summed E-state index contributed by atoms with van der Waals surface area (Å²) in [5, 5.41) is 15.3. The molecule has 0 saturated carbocycles. The third kappa shape index (κ3) is 7.61. The molecular formula is C20H28BNO9S. The average molecular weight is 469 g/mol. The van der Waals surface area contributed by atoms with Gasteiger partial charge in [0.15, 0.2) is 0 Å². The number of primary sulfonamides is 1. The Bertz CT molecular complexity index is 972. The van der Waals surface area contributed by atoms with Crippen molar-refractivity contribution in [3.63, 3.8) is 0 Å². The number of hydrogen-bond donors (Lipinski definition) is 2. The molecule has 1 aromatic carbocycles. The number of sulfonamides is 1. The van der Waals surface area contributed by atoms with E-state index in [9.17, 15) is 27.8 Å². The zero-order valence-corrected chi connectivity index (χ0v) is 19.1. The molecule has 0 fully saturated rings. The number of rotatable bonds is 9. The molecule has 176 valence electrons. The first-order valence-corrected chi connectivity index (χ1v) is 11.8. The van der Waals surface area contributed by atoms with Crippen LogP contribution in [0, 0.1) is 5.41 Å². The fraction of sp³-hybridized carbons (Fsp3) is 0.550. The fourth-order valence-corrected chi connectivity index (χ4v) is 3.66. The molecule has 0 unspecified atom stereocenters. The van der Waals surface area contributed by atoms with E-state index >= 15 is 0 Å². The van der Waals surface area contributed by atoms with Crippen LogP contribution in [0.1, 0.15) is 56.0 Å². The van der Waals surface area contributed by atoms with Crippen molar-refractivity contribution in [3.05, 3.63) is 29.3 Å². The van der Waals surface area contributed by atoms with Crippen LogP contribution < -0.4 is 9.79 Å². The number of ether oxygens (including phenoxy) is 2. The molecule has 0 spiro atoms. The average Bonchev–Trinajstić information content (AvgIpc) is 2.66. The van der Waals surface area contributed by atoms with Crippen LogP contribution in [0.25, 0.3) is 0 Å². The Labute approximate surface area is 187 Å². The van der Waals surface area contributed by atoms with E-state index in [0.29, 0.717) is 5.56 Å². The van der Waals surface area contributed by atoms with Crippen LogP contribution in [0.5, 0.6) is 5.75 Å². The van der Waals surface area contributed by atoms with Gasteiger partial charge in [0.1, 0.15) is 17.1 Å². The molecule has 0 bridgehead atoms. The van der Waals surface area contributed by atoms with Crippen molar-refractivity contribution < 1.29 is 42.0 Å². The van der Waals surface area contributed by atoms with Crippen LogP contribution in [0.3, 0.4) is 0 Å². The van der Waals surface area contributed by atoms with Gasteiger partial charge >= 0.3 is 19.1 Å². The molecule has 1 aliphatic heterocycles. The van der Waals surface area contributed by atoms with Crippen molar-refractivity contribution in [2.75, 3.05) is 12.5 Å². The minimum Gasteiger partial charge on any atom is -0.535 e. The fourth-order valence-electron chi connectivity index (χ4n) is 3.11. The maximum atomic E-state index is 12.4. The summed E-state index contributed by atoms with van der Waals surface area (Å²) >= 11 is 0. The number of hydrogen-bond acceptors (Lipinski definition) is 9. The van der Waals surface area contributed by atoms with E-state index in [2.05, 4.69) is 0 Å². The lowest BCUT2D eigenvalue weighted by molar-refractivity contribution is -0.161. The van der Waals surface area contributed by atoms with Crippen LogP contribution in [-0.2, 0) is 35.5 Å². The predicted octanol–water partition coefficient (Wildman–Crippen LogP) is 1.20. The van der Waals surface area contributed by atoms with E-state index in [1.807, 2.05) is 0 Å². The second kappa shape index (κ2) is 10.5. The number of Topliss-reactive ketones (excluding diaryl/α,β-unsaturated/α-hetero) is 1. The Morgan fingerprint density at radius 2 is 1.94 bits per heavy atom. The van der Waals surface area contributed by atoms with Gasteiger partial charge < -0.3 is 19.2 Å². The summed E-state index contributed by atoms with van der Waals surface area (Å²) in [5.41, 5.74) is -0.0682. The molecule has 1 aliphatic rings. The highest BCUT2D eigenvalue weighted by Crippen LogP contribution is 2.36. The van der Waals surface area contributed by atoms with Gasteiger partial charge in [-0.05, 0) is 45.2 Å². The maximum Gasteiger partial charge on any atom is 0.526 e. The smallest absolute Gasteiger partial charge is 0.526 e. The predicted molar refractivity (Wildman–Crippen MR) is 115 cm³/mol. The van der Waals surface area contributed by atoms with Crippen LogP contribution >= 0.6 is 0 Å². The molecule has 32 heavy (non-hydrogen) atoms. The molecule has 1 atom stereocenters. The van der Waals surface area contributed by atoms with E-state index < -0.39 is 47.1 Å². The van der Waals surface area contributed by atoms with Gasteiger partial charge in [0, 0.05) is 18.7 Å². The standard InChI is InChI=1S/C20H28BNO9S/c1-20(2,3)19(25)30-12-29-18(24)16-8-4-6-13-10-14(21(26)31-17(13)16)11-15(23)7-5-9-32(22,27)28/h4,6,8,14,26H,5,7,9-12H2,1-3H3,(H2,22,27,28)/t14-/m1/s1. The normalized spacial score (nSPS) is 16.0. The first-order chi connectivity index (χ1) is 14.8. The van der Waals surface area contributed by atoms with Gasteiger partial charge in [0.25, 0.3) is 0 Å². The van der Waals surface area contributed by atoms with Crippen molar-refractivity contribution in [1.82, 2.24) is 0 Å².